The molecule has 1 fully saturated rings. The first-order chi connectivity index (χ1) is 8.51. The van der Waals surface area contributed by atoms with E-state index in [9.17, 15) is 12.8 Å². The summed E-state index contributed by atoms with van der Waals surface area (Å²) in [4.78, 5) is -0.0279. The monoisotopic (exact) mass is 272 g/mol. The summed E-state index contributed by atoms with van der Waals surface area (Å²) < 4.78 is 39.2. The number of hydrogen-bond donors (Lipinski definition) is 1. The molecule has 1 aliphatic rings. The fraction of sp³-hybridized carbons (Fsp3) is 0.500. The van der Waals surface area contributed by atoms with Crippen LogP contribution >= 0.6 is 0 Å². The molecule has 100 valence electrons. The van der Waals surface area contributed by atoms with Crippen LogP contribution in [-0.2, 0) is 10.0 Å². The Morgan fingerprint density at radius 2 is 2.06 bits per heavy atom. The molecular weight excluding hydrogens is 255 g/mol. The molecule has 0 aliphatic carbocycles. The second kappa shape index (κ2) is 5.34. The zero-order valence-electron chi connectivity index (χ0n) is 10.0. The minimum absolute atomic E-state index is 0.0279. The second-order valence-corrected chi connectivity index (χ2v) is 6.38. The number of nitrogens with two attached hydrogens (primary N) is 1. The first-order valence-corrected chi connectivity index (χ1v) is 7.49. The number of nitrogens with zero attached hydrogens (tertiary/aromatic N) is 1. The van der Waals surface area contributed by atoms with E-state index in [0.717, 1.165) is 25.3 Å². The van der Waals surface area contributed by atoms with Crippen molar-refractivity contribution in [2.45, 2.75) is 36.7 Å². The SMILES string of the molecule is NC1CCCCCN1S(=O)(=O)c1cccc(F)c1. The van der Waals surface area contributed by atoms with E-state index in [2.05, 4.69) is 0 Å². The fourth-order valence-electron chi connectivity index (χ4n) is 2.17. The van der Waals surface area contributed by atoms with E-state index in [1.165, 1.54) is 22.5 Å². The molecule has 0 spiro atoms. The molecule has 2 N–H and O–H groups in total. The minimum atomic E-state index is -3.69. The number of benzene rings is 1. The van der Waals surface area contributed by atoms with Crippen LogP contribution in [0.2, 0.25) is 0 Å². The lowest BCUT2D eigenvalue weighted by atomic mass is 10.2. The summed E-state index contributed by atoms with van der Waals surface area (Å²) in [5, 5.41) is 0. The van der Waals surface area contributed by atoms with Gasteiger partial charge in [0.25, 0.3) is 0 Å². The third-order valence-electron chi connectivity index (χ3n) is 3.15. The fourth-order valence-corrected chi connectivity index (χ4v) is 3.78. The lowest BCUT2D eigenvalue weighted by Gasteiger charge is -2.25. The number of sulfonamides is 1. The zero-order valence-corrected chi connectivity index (χ0v) is 10.9. The van der Waals surface area contributed by atoms with Crippen molar-refractivity contribution in [2.75, 3.05) is 6.54 Å². The van der Waals surface area contributed by atoms with Gasteiger partial charge in [-0.25, -0.2) is 12.8 Å². The van der Waals surface area contributed by atoms with Crippen molar-refractivity contribution in [1.82, 2.24) is 4.31 Å². The molecule has 0 aromatic heterocycles. The molecule has 0 saturated carbocycles. The third-order valence-corrected chi connectivity index (χ3v) is 5.07. The maximum atomic E-state index is 13.1. The Bertz CT molecular complexity index is 519. The van der Waals surface area contributed by atoms with Crippen molar-refractivity contribution in [3.8, 4) is 0 Å². The molecule has 1 atom stereocenters. The van der Waals surface area contributed by atoms with Gasteiger partial charge in [-0.3, -0.25) is 0 Å². The van der Waals surface area contributed by atoms with Gasteiger partial charge in [0.1, 0.15) is 5.82 Å². The molecule has 0 radical (unpaired) electrons. The van der Waals surface area contributed by atoms with Crippen LogP contribution in [0.4, 0.5) is 4.39 Å². The lowest BCUT2D eigenvalue weighted by Crippen LogP contribution is -2.45. The van der Waals surface area contributed by atoms with Crippen LogP contribution in [0, 0.1) is 5.82 Å². The van der Waals surface area contributed by atoms with Gasteiger partial charge in [0.2, 0.25) is 10.0 Å². The average molecular weight is 272 g/mol. The Kier molecular flexibility index (Phi) is 3.99. The van der Waals surface area contributed by atoms with Gasteiger partial charge in [-0.1, -0.05) is 18.9 Å². The van der Waals surface area contributed by atoms with Crippen LogP contribution in [-0.4, -0.2) is 25.4 Å². The summed E-state index contributed by atoms with van der Waals surface area (Å²) in [5.74, 6) is -0.556. The molecule has 1 heterocycles. The van der Waals surface area contributed by atoms with Gasteiger partial charge in [0.05, 0.1) is 11.1 Å². The summed E-state index contributed by atoms with van der Waals surface area (Å²) in [5.41, 5.74) is 5.89. The van der Waals surface area contributed by atoms with Crippen LogP contribution in [0.15, 0.2) is 29.2 Å². The first kappa shape index (κ1) is 13.5. The molecular formula is C12H17FN2O2S. The molecule has 2 rings (SSSR count). The molecule has 0 bridgehead atoms. The van der Waals surface area contributed by atoms with Crippen LogP contribution in [0.25, 0.3) is 0 Å². The van der Waals surface area contributed by atoms with E-state index in [1.807, 2.05) is 0 Å². The highest BCUT2D eigenvalue weighted by Gasteiger charge is 2.30. The van der Waals surface area contributed by atoms with Crippen LogP contribution < -0.4 is 5.73 Å². The highest BCUT2D eigenvalue weighted by atomic mass is 32.2. The standard InChI is InChI=1S/C12H17FN2O2S/c13-10-5-4-6-11(9-10)18(16,17)15-8-3-1-2-7-12(15)14/h4-6,9,12H,1-3,7-8,14H2. The Balaban J connectivity index is 2.35. The predicted octanol–water partition coefficient (Wildman–Crippen LogP) is 1.68. The lowest BCUT2D eigenvalue weighted by molar-refractivity contribution is 0.329. The third kappa shape index (κ3) is 2.71. The maximum absolute atomic E-state index is 13.1. The minimum Gasteiger partial charge on any atom is -0.315 e. The van der Waals surface area contributed by atoms with Gasteiger partial charge in [-0.05, 0) is 31.0 Å². The van der Waals surface area contributed by atoms with Crippen molar-refractivity contribution in [3.63, 3.8) is 0 Å². The summed E-state index contributed by atoms with van der Waals surface area (Å²) in [7, 11) is -3.69. The molecule has 1 aromatic rings. The van der Waals surface area contributed by atoms with Crippen LogP contribution in [0.5, 0.6) is 0 Å². The molecule has 4 nitrogen and oxygen atoms in total. The topological polar surface area (TPSA) is 63.4 Å². The molecule has 18 heavy (non-hydrogen) atoms. The second-order valence-electron chi connectivity index (χ2n) is 4.49. The van der Waals surface area contributed by atoms with Crippen LogP contribution in [0.3, 0.4) is 0 Å². The maximum Gasteiger partial charge on any atom is 0.244 e. The van der Waals surface area contributed by atoms with E-state index in [4.69, 9.17) is 5.73 Å². The average Bonchev–Trinajstić information content (AvgIpc) is 2.54. The number of halogens is 1. The smallest absolute Gasteiger partial charge is 0.244 e. The van der Waals surface area contributed by atoms with E-state index in [0.29, 0.717) is 13.0 Å². The molecule has 1 aromatic carbocycles. The Hall–Kier alpha value is -0.980. The van der Waals surface area contributed by atoms with Crippen LogP contribution in [0.1, 0.15) is 25.7 Å². The molecule has 1 saturated heterocycles. The molecule has 0 amide bonds. The summed E-state index contributed by atoms with van der Waals surface area (Å²) in [6.45, 7) is 0.403. The highest BCUT2D eigenvalue weighted by molar-refractivity contribution is 7.89. The molecule has 6 heteroatoms. The van der Waals surface area contributed by atoms with Crippen molar-refractivity contribution < 1.29 is 12.8 Å². The van der Waals surface area contributed by atoms with Crippen molar-refractivity contribution in [2.24, 2.45) is 5.73 Å². The van der Waals surface area contributed by atoms with E-state index in [1.54, 1.807) is 0 Å². The van der Waals surface area contributed by atoms with Gasteiger partial charge in [-0.15, -0.1) is 0 Å². The van der Waals surface area contributed by atoms with E-state index < -0.39 is 22.0 Å². The number of rotatable bonds is 2. The van der Waals surface area contributed by atoms with Gasteiger partial charge < -0.3 is 5.73 Å². The quantitative estimate of drug-likeness (QED) is 0.891. The molecule has 1 unspecified atom stereocenters. The van der Waals surface area contributed by atoms with Crippen molar-refractivity contribution in [1.29, 1.82) is 0 Å². The highest BCUT2D eigenvalue weighted by Crippen LogP contribution is 2.22. The van der Waals surface area contributed by atoms with Gasteiger partial charge in [-0.2, -0.15) is 4.31 Å². The van der Waals surface area contributed by atoms with Crippen molar-refractivity contribution in [3.05, 3.63) is 30.1 Å². The molecule has 1 aliphatic heterocycles. The van der Waals surface area contributed by atoms with E-state index >= 15 is 0 Å². The zero-order chi connectivity index (χ0) is 13.2. The van der Waals surface area contributed by atoms with Gasteiger partial charge >= 0.3 is 0 Å². The van der Waals surface area contributed by atoms with E-state index in [-0.39, 0.29) is 4.90 Å². The summed E-state index contributed by atoms with van der Waals surface area (Å²) >= 11 is 0. The van der Waals surface area contributed by atoms with Gasteiger partial charge in [0, 0.05) is 6.54 Å². The Morgan fingerprint density at radius 1 is 1.28 bits per heavy atom. The Morgan fingerprint density at radius 3 is 2.78 bits per heavy atom. The largest absolute Gasteiger partial charge is 0.315 e. The summed E-state index contributed by atoms with van der Waals surface area (Å²) in [6.07, 6.45) is 2.83. The Labute approximate surface area is 107 Å². The summed E-state index contributed by atoms with van der Waals surface area (Å²) in [6, 6.07) is 5.05. The van der Waals surface area contributed by atoms with Gasteiger partial charge in [0.15, 0.2) is 0 Å². The van der Waals surface area contributed by atoms with Crippen molar-refractivity contribution >= 4 is 10.0 Å². The normalized spacial score (nSPS) is 22.7. The number of hydrogen-bond acceptors (Lipinski definition) is 3. The predicted molar refractivity (Wildman–Crippen MR) is 66.7 cm³/mol. The first-order valence-electron chi connectivity index (χ1n) is 6.05.